The van der Waals surface area contributed by atoms with Gasteiger partial charge in [0, 0.05) is 17.8 Å². The van der Waals surface area contributed by atoms with Crippen molar-refractivity contribution in [3.05, 3.63) is 65.7 Å². The van der Waals surface area contributed by atoms with Crippen LogP contribution >= 0.6 is 12.2 Å². The Morgan fingerprint density at radius 2 is 1.77 bits per heavy atom. The zero-order chi connectivity index (χ0) is 21.6. The number of nitrogens with zero attached hydrogens (tertiary/aromatic N) is 1. The number of ketones is 1. The fraction of sp³-hybridized carbons (Fsp3) is 0.423. The molecule has 0 unspecified atom stereocenters. The Balaban J connectivity index is 1.76. The summed E-state index contributed by atoms with van der Waals surface area (Å²) >= 11 is 5.71. The van der Waals surface area contributed by atoms with Crippen molar-refractivity contribution in [2.75, 3.05) is 5.32 Å². The van der Waals surface area contributed by atoms with Crippen LogP contribution in [0.25, 0.3) is 0 Å². The minimum Gasteiger partial charge on any atom is -0.349 e. The summed E-state index contributed by atoms with van der Waals surface area (Å²) in [4.78, 5) is 18.4. The largest absolute Gasteiger partial charge is 0.349 e. The number of rotatable bonds is 7. The van der Waals surface area contributed by atoms with Crippen molar-refractivity contribution in [2.24, 2.45) is 16.3 Å². The fourth-order valence-electron chi connectivity index (χ4n) is 3.99. The van der Waals surface area contributed by atoms with E-state index in [4.69, 9.17) is 17.2 Å². The Bertz CT molecular complexity index is 900. The highest BCUT2D eigenvalue weighted by Gasteiger charge is 2.40. The van der Waals surface area contributed by atoms with E-state index in [0.717, 1.165) is 29.8 Å². The Labute approximate surface area is 186 Å². The highest BCUT2D eigenvalue weighted by Crippen LogP contribution is 2.35. The van der Waals surface area contributed by atoms with Crippen LogP contribution in [-0.2, 0) is 17.8 Å². The quantitative estimate of drug-likeness (QED) is 0.526. The molecule has 2 aromatic rings. The molecule has 1 aliphatic rings. The highest BCUT2D eigenvalue weighted by atomic mass is 32.1. The van der Waals surface area contributed by atoms with Gasteiger partial charge in [-0.15, -0.1) is 0 Å². The van der Waals surface area contributed by atoms with E-state index in [1.165, 1.54) is 18.4 Å². The lowest BCUT2D eigenvalue weighted by Gasteiger charge is -2.35. The first kappa shape index (κ1) is 22.4. The lowest BCUT2D eigenvalue weighted by Crippen LogP contribution is -2.43. The monoisotopic (exact) mass is 420 g/mol. The van der Waals surface area contributed by atoms with Gasteiger partial charge in [0.1, 0.15) is 11.7 Å². The summed E-state index contributed by atoms with van der Waals surface area (Å²) in [6.07, 6.45) is 4.79. The van der Waals surface area contributed by atoms with Crippen molar-refractivity contribution in [1.29, 1.82) is 0 Å². The molecule has 1 N–H and O–H groups in total. The number of anilines is 1. The summed E-state index contributed by atoms with van der Waals surface area (Å²) < 4.78 is 0. The first-order valence-corrected chi connectivity index (χ1v) is 11.3. The summed E-state index contributed by atoms with van der Waals surface area (Å²) in [6.45, 7) is 7.04. The van der Waals surface area contributed by atoms with Crippen LogP contribution in [0.2, 0.25) is 0 Å². The van der Waals surface area contributed by atoms with Crippen molar-refractivity contribution >= 4 is 34.4 Å². The van der Waals surface area contributed by atoms with Crippen molar-refractivity contribution in [1.82, 2.24) is 0 Å². The summed E-state index contributed by atoms with van der Waals surface area (Å²) in [7, 11) is 0. The van der Waals surface area contributed by atoms with Gasteiger partial charge in [-0.25, -0.2) is 0 Å². The molecule has 0 amide bonds. The van der Waals surface area contributed by atoms with Gasteiger partial charge in [0.25, 0.3) is 0 Å². The number of hydrogen-bond acceptors (Lipinski definition) is 3. The average Bonchev–Trinajstić information content (AvgIpc) is 2.71. The van der Waals surface area contributed by atoms with E-state index >= 15 is 0 Å². The van der Waals surface area contributed by atoms with Crippen molar-refractivity contribution in [3.63, 3.8) is 0 Å². The normalized spacial score (nSPS) is 19.6. The van der Waals surface area contributed by atoms with E-state index in [-0.39, 0.29) is 11.2 Å². The number of unbranched alkanes of at least 4 members (excludes halogenated alkanes) is 1. The minimum absolute atomic E-state index is 0.0837. The van der Waals surface area contributed by atoms with Gasteiger partial charge >= 0.3 is 0 Å². The van der Waals surface area contributed by atoms with Gasteiger partial charge in [-0.05, 0) is 47.9 Å². The molecule has 3 nitrogen and oxygen atoms in total. The molecule has 0 aromatic heterocycles. The van der Waals surface area contributed by atoms with Crippen LogP contribution < -0.4 is 5.32 Å². The number of nitrogens with one attached hydrogen (secondary N) is 1. The van der Waals surface area contributed by atoms with Gasteiger partial charge in [-0.3, -0.25) is 9.79 Å². The maximum Gasteiger partial charge on any atom is 0.148 e. The molecular formula is C26H32N2OS. The van der Waals surface area contributed by atoms with Gasteiger partial charge < -0.3 is 5.32 Å². The van der Waals surface area contributed by atoms with E-state index in [0.29, 0.717) is 18.0 Å². The molecule has 2 aromatic carbocycles. The van der Waals surface area contributed by atoms with E-state index < -0.39 is 5.92 Å². The fourth-order valence-corrected chi connectivity index (χ4v) is 4.37. The number of aliphatic imine (C=N–C) groups is 1. The van der Waals surface area contributed by atoms with E-state index in [2.05, 4.69) is 62.5 Å². The van der Waals surface area contributed by atoms with Crippen LogP contribution in [0.4, 0.5) is 5.69 Å². The summed E-state index contributed by atoms with van der Waals surface area (Å²) in [6, 6.07) is 18.5. The number of carbonyl (C=O) groups is 1. The Hall–Kier alpha value is -2.33. The van der Waals surface area contributed by atoms with Gasteiger partial charge in [0.15, 0.2) is 0 Å². The lowest BCUT2D eigenvalue weighted by atomic mass is 9.71. The first-order chi connectivity index (χ1) is 14.4. The van der Waals surface area contributed by atoms with Gasteiger partial charge in [-0.2, -0.15) is 0 Å². The van der Waals surface area contributed by atoms with Crippen LogP contribution in [0.3, 0.4) is 0 Å². The lowest BCUT2D eigenvalue weighted by molar-refractivity contribution is -0.122. The molecule has 0 aliphatic heterocycles. The van der Waals surface area contributed by atoms with Crippen LogP contribution in [0.1, 0.15) is 57.6 Å². The third kappa shape index (κ3) is 6.09. The number of Topliss-reactive ketones (excluding diaryl/α,β-unsaturated/α-hetero) is 1. The predicted octanol–water partition coefficient (Wildman–Crippen LogP) is 6.42. The van der Waals surface area contributed by atoms with Crippen molar-refractivity contribution in [3.8, 4) is 0 Å². The molecule has 1 atom stereocenters. The van der Waals surface area contributed by atoms with E-state index in [9.17, 15) is 4.79 Å². The average molecular weight is 421 g/mol. The van der Waals surface area contributed by atoms with Crippen LogP contribution in [0, 0.1) is 11.3 Å². The zero-order valence-electron chi connectivity index (χ0n) is 18.3. The van der Waals surface area contributed by atoms with Crippen molar-refractivity contribution < 1.29 is 4.79 Å². The molecule has 1 aliphatic carbocycles. The summed E-state index contributed by atoms with van der Waals surface area (Å²) in [5.41, 5.74) is 4.21. The Morgan fingerprint density at radius 3 is 2.43 bits per heavy atom. The molecule has 0 bridgehead atoms. The molecule has 158 valence electrons. The number of aryl methyl sites for hydroxylation is 1. The summed E-state index contributed by atoms with van der Waals surface area (Å²) in [5, 5.41) is 3.31. The molecule has 4 heteroatoms. The van der Waals surface area contributed by atoms with E-state index in [1.54, 1.807) is 0 Å². The second kappa shape index (κ2) is 10.1. The van der Waals surface area contributed by atoms with Gasteiger partial charge in [0.05, 0.1) is 11.5 Å². The molecule has 0 saturated heterocycles. The number of benzene rings is 2. The third-order valence-corrected chi connectivity index (χ3v) is 5.92. The molecule has 0 heterocycles. The topological polar surface area (TPSA) is 41.5 Å². The van der Waals surface area contributed by atoms with Crippen LogP contribution in [-0.4, -0.2) is 16.5 Å². The zero-order valence-corrected chi connectivity index (χ0v) is 19.1. The van der Waals surface area contributed by atoms with Gasteiger partial charge in [-0.1, -0.05) is 81.9 Å². The Morgan fingerprint density at radius 1 is 1.07 bits per heavy atom. The molecular weight excluding hydrogens is 388 g/mol. The molecule has 0 radical (unpaired) electrons. The smallest absolute Gasteiger partial charge is 0.148 e. The van der Waals surface area contributed by atoms with Crippen LogP contribution in [0.15, 0.2) is 59.6 Å². The van der Waals surface area contributed by atoms with E-state index in [1.807, 2.05) is 18.2 Å². The molecule has 30 heavy (non-hydrogen) atoms. The number of carbonyl (C=O) groups excluding carboxylic acids is 1. The van der Waals surface area contributed by atoms with Crippen LogP contribution in [0.5, 0.6) is 0 Å². The standard InChI is InChI=1S/C26H32N2OS/c1-4-5-9-19-12-14-21(15-13-19)28-25(30)24-22(16-26(2,3)17-23(24)29)27-18-20-10-7-6-8-11-20/h6-8,10-15,24H,4-5,9,16-18H2,1-3H3,(H,28,30)/t24-/m0/s1. The minimum atomic E-state index is -0.434. The second-order valence-electron chi connectivity index (χ2n) is 9.00. The Kier molecular flexibility index (Phi) is 7.54. The first-order valence-electron chi connectivity index (χ1n) is 10.9. The maximum absolute atomic E-state index is 13.0. The maximum atomic E-state index is 13.0. The molecule has 3 rings (SSSR count). The number of hydrogen-bond donors (Lipinski definition) is 1. The molecule has 1 saturated carbocycles. The van der Waals surface area contributed by atoms with Crippen molar-refractivity contribution in [2.45, 2.75) is 59.4 Å². The molecule has 1 fully saturated rings. The van der Waals surface area contributed by atoms with Gasteiger partial charge in [0.2, 0.25) is 0 Å². The SMILES string of the molecule is CCCCc1ccc(NC(=S)[C@@H]2C(=O)CC(C)(C)CC2=NCc2ccccc2)cc1. The summed E-state index contributed by atoms with van der Waals surface area (Å²) in [5.74, 6) is -0.272. The second-order valence-corrected chi connectivity index (χ2v) is 9.44. The number of thiocarbonyl (C=S) groups is 1. The predicted molar refractivity (Wildman–Crippen MR) is 130 cm³/mol. The molecule has 0 spiro atoms. The third-order valence-electron chi connectivity index (χ3n) is 5.58. The highest BCUT2D eigenvalue weighted by molar-refractivity contribution is 7.80.